The molecule has 2 aromatic rings. The van der Waals surface area contributed by atoms with Gasteiger partial charge in [-0.05, 0) is 50.5 Å². The second-order valence-electron chi connectivity index (χ2n) is 7.80. The number of rotatable bonds is 4. The van der Waals surface area contributed by atoms with Crippen LogP contribution < -0.4 is 4.31 Å². The molecule has 0 aliphatic carbocycles. The number of likely N-dealkylation sites (tertiary alicyclic amines) is 1. The number of anilines is 1. The summed E-state index contributed by atoms with van der Waals surface area (Å²) in [7, 11) is -3.44. The van der Waals surface area contributed by atoms with E-state index in [1.807, 2.05) is 24.8 Å². The maximum absolute atomic E-state index is 12.8. The molecule has 1 aromatic heterocycles. The van der Waals surface area contributed by atoms with Crippen LogP contribution in [0.2, 0.25) is 0 Å². The van der Waals surface area contributed by atoms with Crippen LogP contribution in [0.3, 0.4) is 0 Å². The molecule has 0 radical (unpaired) electrons. The number of sulfonamides is 1. The first-order valence-electron chi connectivity index (χ1n) is 9.57. The molecular weight excluding hydrogens is 378 g/mol. The summed E-state index contributed by atoms with van der Waals surface area (Å²) >= 11 is 0. The van der Waals surface area contributed by atoms with Gasteiger partial charge in [-0.15, -0.1) is 0 Å². The fraction of sp³-hybridized carbons (Fsp3) is 0.526. The Labute approximate surface area is 165 Å². The lowest BCUT2D eigenvalue weighted by Gasteiger charge is -2.18. The Morgan fingerprint density at radius 2 is 1.93 bits per heavy atom. The molecule has 0 unspecified atom stereocenters. The quantitative estimate of drug-likeness (QED) is 0.779. The molecule has 3 heterocycles. The summed E-state index contributed by atoms with van der Waals surface area (Å²) < 4.78 is 27.8. The van der Waals surface area contributed by atoms with E-state index >= 15 is 0 Å². The summed E-state index contributed by atoms with van der Waals surface area (Å²) in [6, 6.07) is 5.44. The molecular formula is C19H25N5O3S. The third kappa shape index (κ3) is 3.28. The van der Waals surface area contributed by atoms with Gasteiger partial charge in [-0.2, -0.15) is 5.10 Å². The van der Waals surface area contributed by atoms with Crippen LogP contribution in [0.1, 0.15) is 60.4 Å². The Bertz CT molecular complexity index is 1010. The molecule has 1 atom stereocenters. The monoisotopic (exact) mass is 403 g/mol. The lowest BCUT2D eigenvalue weighted by Crippen LogP contribution is -2.29. The average Bonchev–Trinajstić information content (AvgIpc) is 3.37. The Hall–Kier alpha value is -2.42. The third-order valence-corrected chi connectivity index (χ3v) is 6.57. The van der Waals surface area contributed by atoms with Crippen molar-refractivity contribution in [3.8, 4) is 0 Å². The lowest BCUT2D eigenvalue weighted by atomic mass is 9.98. The van der Waals surface area contributed by atoms with Gasteiger partial charge in [0.2, 0.25) is 10.0 Å². The molecule has 2 aliphatic heterocycles. The Kier molecular flexibility index (Phi) is 4.65. The summed E-state index contributed by atoms with van der Waals surface area (Å²) in [5.74, 6) is 0.278. The molecule has 2 aliphatic rings. The van der Waals surface area contributed by atoms with E-state index in [-0.39, 0.29) is 24.4 Å². The zero-order valence-corrected chi connectivity index (χ0v) is 17.2. The van der Waals surface area contributed by atoms with Gasteiger partial charge in [0.1, 0.15) is 6.33 Å². The first-order valence-corrected chi connectivity index (χ1v) is 11.4. The van der Waals surface area contributed by atoms with Gasteiger partial charge in [-0.3, -0.25) is 13.8 Å². The molecule has 0 bridgehead atoms. The predicted octanol–water partition coefficient (Wildman–Crippen LogP) is 2.01. The van der Waals surface area contributed by atoms with Gasteiger partial charge in [0.05, 0.1) is 17.9 Å². The molecule has 0 saturated carbocycles. The van der Waals surface area contributed by atoms with Crippen LogP contribution in [0.4, 0.5) is 5.69 Å². The number of amides is 1. The molecule has 0 N–H and O–H groups in total. The minimum Gasteiger partial charge on any atom is -0.339 e. The van der Waals surface area contributed by atoms with Crippen LogP contribution in [-0.2, 0) is 10.0 Å². The molecule has 4 rings (SSSR count). The van der Waals surface area contributed by atoms with Crippen molar-refractivity contribution >= 4 is 21.6 Å². The lowest BCUT2D eigenvalue weighted by molar-refractivity contribution is 0.0792. The van der Waals surface area contributed by atoms with Gasteiger partial charge in [0, 0.05) is 31.2 Å². The van der Waals surface area contributed by atoms with E-state index in [0.29, 0.717) is 17.1 Å². The molecule has 28 heavy (non-hydrogen) atoms. The fourth-order valence-corrected chi connectivity index (χ4v) is 4.83. The summed E-state index contributed by atoms with van der Waals surface area (Å²) in [6.07, 6.45) is 4.92. The number of carbonyl (C=O) groups excluding carboxylic acids is 1. The van der Waals surface area contributed by atoms with Crippen LogP contribution in [0.5, 0.6) is 0 Å². The van der Waals surface area contributed by atoms with Gasteiger partial charge in [0.25, 0.3) is 5.91 Å². The zero-order valence-electron chi connectivity index (χ0n) is 16.4. The van der Waals surface area contributed by atoms with Crippen molar-refractivity contribution in [1.29, 1.82) is 0 Å². The van der Waals surface area contributed by atoms with Crippen molar-refractivity contribution in [2.45, 2.75) is 38.6 Å². The van der Waals surface area contributed by atoms with Gasteiger partial charge in [0.15, 0.2) is 5.82 Å². The maximum Gasteiger partial charge on any atom is 0.253 e. The normalized spacial score (nSPS) is 19.5. The first-order chi connectivity index (χ1) is 13.3. The number of fused-ring (bicyclic) bond motifs is 1. The highest BCUT2D eigenvalue weighted by Gasteiger charge is 2.37. The molecule has 1 saturated heterocycles. The van der Waals surface area contributed by atoms with Crippen LogP contribution in [0.15, 0.2) is 24.5 Å². The molecule has 150 valence electrons. The van der Waals surface area contributed by atoms with Crippen LogP contribution in [-0.4, -0.2) is 59.9 Å². The van der Waals surface area contributed by atoms with Crippen molar-refractivity contribution in [2.24, 2.45) is 0 Å². The van der Waals surface area contributed by atoms with E-state index in [0.717, 1.165) is 31.5 Å². The minimum atomic E-state index is -3.44. The van der Waals surface area contributed by atoms with E-state index in [4.69, 9.17) is 0 Å². The number of aromatic nitrogens is 3. The fourth-order valence-electron chi connectivity index (χ4n) is 3.89. The summed E-state index contributed by atoms with van der Waals surface area (Å²) in [4.78, 5) is 19.1. The van der Waals surface area contributed by atoms with E-state index < -0.39 is 10.0 Å². The van der Waals surface area contributed by atoms with Crippen LogP contribution in [0.25, 0.3) is 0 Å². The second-order valence-corrected chi connectivity index (χ2v) is 9.70. The molecule has 8 nitrogen and oxygen atoms in total. The van der Waals surface area contributed by atoms with Gasteiger partial charge in [-0.25, -0.2) is 13.4 Å². The Morgan fingerprint density at radius 3 is 2.54 bits per heavy atom. The van der Waals surface area contributed by atoms with Crippen LogP contribution >= 0.6 is 0 Å². The Morgan fingerprint density at radius 1 is 1.21 bits per heavy atom. The van der Waals surface area contributed by atoms with Crippen molar-refractivity contribution in [2.75, 3.05) is 30.2 Å². The molecule has 1 fully saturated rings. The summed E-state index contributed by atoms with van der Waals surface area (Å²) in [6.45, 7) is 5.81. The summed E-state index contributed by atoms with van der Waals surface area (Å²) in [5, 5.41) is 4.55. The second kappa shape index (κ2) is 6.88. The SMILES string of the molecule is CC(C)n1cnc([C@@H]2CN(S(C)(=O)=O)c3ccc(C(=O)N4CCCC4)cc32)n1. The predicted molar refractivity (Wildman–Crippen MR) is 106 cm³/mol. The minimum absolute atomic E-state index is 0.00229. The smallest absolute Gasteiger partial charge is 0.253 e. The topological polar surface area (TPSA) is 88.4 Å². The molecule has 9 heteroatoms. The van der Waals surface area contributed by atoms with Crippen molar-refractivity contribution < 1.29 is 13.2 Å². The van der Waals surface area contributed by atoms with E-state index in [2.05, 4.69) is 10.1 Å². The number of carbonyl (C=O) groups is 1. The molecule has 1 amide bonds. The number of nitrogens with zero attached hydrogens (tertiary/aromatic N) is 5. The Balaban J connectivity index is 1.76. The highest BCUT2D eigenvalue weighted by atomic mass is 32.2. The standard InChI is InChI=1S/C19H25N5O3S/c1-13(2)23-12-20-18(21-23)16-11-24(28(3,26)27)17-7-6-14(10-15(16)17)19(25)22-8-4-5-9-22/h6-7,10,12-13,16H,4-5,8-9,11H2,1-3H3/t16-/m1/s1. The van der Waals surface area contributed by atoms with Crippen molar-refractivity contribution in [3.05, 3.63) is 41.5 Å². The highest BCUT2D eigenvalue weighted by Crippen LogP contribution is 2.41. The van der Waals surface area contributed by atoms with Gasteiger partial charge >= 0.3 is 0 Å². The van der Waals surface area contributed by atoms with E-state index in [9.17, 15) is 13.2 Å². The first kappa shape index (κ1) is 18.9. The van der Waals surface area contributed by atoms with Gasteiger partial charge in [-0.1, -0.05) is 0 Å². The maximum atomic E-state index is 12.8. The molecule has 0 spiro atoms. The van der Waals surface area contributed by atoms with Crippen molar-refractivity contribution in [1.82, 2.24) is 19.7 Å². The van der Waals surface area contributed by atoms with E-state index in [1.165, 1.54) is 10.6 Å². The highest BCUT2D eigenvalue weighted by molar-refractivity contribution is 7.92. The van der Waals surface area contributed by atoms with E-state index in [1.54, 1.807) is 23.1 Å². The number of hydrogen-bond acceptors (Lipinski definition) is 5. The summed E-state index contributed by atoms with van der Waals surface area (Å²) in [5.41, 5.74) is 1.98. The van der Waals surface area contributed by atoms with Crippen molar-refractivity contribution in [3.63, 3.8) is 0 Å². The largest absolute Gasteiger partial charge is 0.339 e. The average molecular weight is 404 g/mol. The number of hydrogen-bond donors (Lipinski definition) is 0. The molecule has 1 aromatic carbocycles. The zero-order chi connectivity index (χ0) is 20.1. The van der Waals surface area contributed by atoms with Gasteiger partial charge < -0.3 is 4.90 Å². The number of benzene rings is 1. The third-order valence-electron chi connectivity index (χ3n) is 5.43. The van der Waals surface area contributed by atoms with Crippen LogP contribution in [0, 0.1) is 0 Å².